The number of halogens is 1. The van der Waals surface area contributed by atoms with E-state index in [2.05, 4.69) is 5.32 Å². The van der Waals surface area contributed by atoms with Crippen LogP contribution in [0.1, 0.15) is 16.1 Å². The number of hydrogen-bond donors (Lipinski definition) is 1. The van der Waals surface area contributed by atoms with Gasteiger partial charge in [0, 0.05) is 16.1 Å². The Labute approximate surface area is 143 Å². The summed E-state index contributed by atoms with van der Waals surface area (Å²) in [6.07, 6.45) is 0. The molecule has 1 N–H and O–H groups in total. The second kappa shape index (κ2) is 6.76. The first-order valence-electron chi connectivity index (χ1n) is 7.25. The smallest absolute Gasteiger partial charge is 0.374 e. The molecule has 0 unspecified atom stereocenters. The first-order chi connectivity index (χ1) is 11.5. The molecule has 0 radical (unpaired) electrons. The topological polar surface area (TPSA) is 68.5 Å². The first-order valence-corrected chi connectivity index (χ1v) is 7.63. The van der Waals surface area contributed by atoms with Gasteiger partial charge < -0.3 is 14.5 Å². The number of benzene rings is 2. The molecule has 0 saturated carbocycles. The number of carbonyl (C=O) groups excluding carboxylic acids is 2. The van der Waals surface area contributed by atoms with Crippen LogP contribution in [0.4, 0.5) is 5.69 Å². The van der Waals surface area contributed by atoms with Crippen LogP contribution in [0.15, 0.2) is 52.9 Å². The fourth-order valence-corrected chi connectivity index (χ4v) is 2.39. The van der Waals surface area contributed by atoms with Crippen molar-refractivity contribution < 1.29 is 18.7 Å². The normalized spacial score (nSPS) is 10.6. The van der Waals surface area contributed by atoms with E-state index >= 15 is 0 Å². The summed E-state index contributed by atoms with van der Waals surface area (Å²) in [4.78, 5) is 23.9. The molecule has 0 aliphatic rings. The number of esters is 1. The van der Waals surface area contributed by atoms with Gasteiger partial charge >= 0.3 is 5.97 Å². The molecular weight excluding hydrogens is 330 g/mol. The summed E-state index contributed by atoms with van der Waals surface area (Å²) in [7, 11) is 0. The molecule has 6 heteroatoms. The molecule has 1 aromatic heterocycles. The number of nitrogens with one attached hydrogen (secondary N) is 1. The standard InChI is InChI=1S/C18H14ClNO4/c1-11-13(19)6-4-7-14(11)20-17(21)10-23-18(22)16-9-12-5-2-3-8-15(12)24-16/h2-9H,10H2,1H3,(H,20,21). The lowest BCUT2D eigenvalue weighted by Crippen LogP contribution is -2.21. The van der Waals surface area contributed by atoms with Gasteiger partial charge in [0.2, 0.25) is 5.76 Å². The van der Waals surface area contributed by atoms with Crippen molar-refractivity contribution in [2.24, 2.45) is 0 Å². The Morgan fingerprint density at radius 1 is 1.17 bits per heavy atom. The van der Waals surface area contributed by atoms with E-state index < -0.39 is 18.5 Å². The van der Waals surface area contributed by atoms with Crippen LogP contribution in [-0.2, 0) is 9.53 Å². The average Bonchev–Trinajstić information content (AvgIpc) is 3.01. The molecule has 0 atom stereocenters. The molecule has 0 fully saturated rings. The summed E-state index contributed by atoms with van der Waals surface area (Å²) in [6.45, 7) is 1.38. The Kier molecular flexibility index (Phi) is 4.53. The Hall–Kier alpha value is -2.79. The molecule has 3 aromatic rings. The molecule has 24 heavy (non-hydrogen) atoms. The number of ether oxygens (including phenoxy) is 1. The summed E-state index contributed by atoms with van der Waals surface area (Å²) < 4.78 is 10.4. The highest BCUT2D eigenvalue weighted by atomic mass is 35.5. The zero-order chi connectivity index (χ0) is 17.1. The third kappa shape index (κ3) is 3.41. The van der Waals surface area contributed by atoms with Crippen molar-refractivity contribution in [3.63, 3.8) is 0 Å². The maximum absolute atomic E-state index is 12.0. The van der Waals surface area contributed by atoms with E-state index in [9.17, 15) is 9.59 Å². The van der Waals surface area contributed by atoms with E-state index in [4.69, 9.17) is 20.8 Å². The van der Waals surface area contributed by atoms with Crippen LogP contribution in [0, 0.1) is 6.92 Å². The van der Waals surface area contributed by atoms with Crippen LogP contribution in [0.2, 0.25) is 5.02 Å². The van der Waals surface area contributed by atoms with Gasteiger partial charge in [-0.3, -0.25) is 4.79 Å². The highest BCUT2D eigenvalue weighted by Crippen LogP contribution is 2.23. The fourth-order valence-electron chi connectivity index (χ4n) is 2.21. The predicted octanol–water partition coefficient (Wildman–Crippen LogP) is 4.19. The van der Waals surface area contributed by atoms with E-state index in [0.29, 0.717) is 16.3 Å². The number of para-hydroxylation sites is 1. The van der Waals surface area contributed by atoms with Crippen LogP contribution in [0.3, 0.4) is 0 Å². The number of carbonyl (C=O) groups is 2. The second-order valence-electron chi connectivity index (χ2n) is 5.19. The zero-order valence-electron chi connectivity index (χ0n) is 12.8. The minimum Gasteiger partial charge on any atom is -0.450 e. The van der Waals surface area contributed by atoms with Gasteiger partial charge in [-0.25, -0.2) is 4.79 Å². The third-order valence-corrected chi connectivity index (χ3v) is 3.91. The lowest BCUT2D eigenvalue weighted by molar-refractivity contribution is -0.119. The number of hydrogen-bond acceptors (Lipinski definition) is 4. The highest BCUT2D eigenvalue weighted by Gasteiger charge is 2.15. The Morgan fingerprint density at radius 3 is 2.75 bits per heavy atom. The van der Waals surface area contributed by atoms with Crippen molar-refractivity contribution in [2.45, 2.75) is 6.92 Å². The van der Waals surface area contributed by atoms with E-state index in [1.807, 2.05) is 18.2 Å². The van der Waals surface area contributed by atoms with Gasteiger partial charge in [0.05, 0.1) is 0 Å². The monoisotopic (exact) mass is 343 g/mol. The summed E-state index contributed by atoms with van der Waals surface area (Å²) in [6, 6.07) is 14.0. The molecule has 5 nitrogen and oxygen atoms in total. The van der Waals surface area contributed by atoms with Gasteiger partial charge in [-0.1, -0.05) is 35.9 Å². The summed E-state index contributed by atoms with van der Waals surface area (Å²) >= 11 is 5.99. The Morgan fingerprint density at radius 2 is 1.96 bits per heavy atom. The van der Waals surface area contributed by atoms with Gasteiger partial charge in [0.1, 0.15) is 5.58 Å². The van der Waals surface area contributed by atoms with Crippen molar-refractivity contribution in [1.29, 1.82) is 0 Å². The van der Waals surface area contributed by atoms with Crippen molar-refractivity contribution in [3.8, 4) is 0 Å². The lowest BCUT2D eigenvalue weighted by Gasteiger charge is -2.09. The summed E-state index contributed by atoms with van der Waals surface area (Å²) in [5.74, 6) is -1.09. The molecule has 2 aromatic carbocycles. The first kappa shape index (κ1) is 16.1. The predicted molar refractivity (Wildman–Crippen MR) is 91.3 cm³/mol. The minimum absolute atomic E-state index is 0.0583. The number of rotatable bonds is 4. The number of furan rings is 1. The average molecular weight is 344 g/mol. The molecule has 0 aliphatic carbocycles. The van der Waals surface area contributed by atoms with E-state index in [1.165, 1.54) is 0 Å². The van der Waals surface area contributed by atoms with Gasteiger partial charge in [-0.05, 0) is 36.8 Å². The summed E-state index contributed by atoms with van der Waals surface area (Å²) in [5, 5.41) is 4.00. The van der Waals surface area contributed by atoms with Crippen molar-refractivity contribution >= 4 is 40.1 Å². The van der Waals surface area contributed by atoms with Gasteiger partial charge in [-0.2, -0.15) is 0 Å². The molecule has 0 bridgehead atoms. The molecule has 3 rings (SSSR count). The highest BCUT2D eigenvalue weighted by molar-refractivity contribution is 6.31. The second-order valence-corrected chi connectivity index (χ2v) is 5.59. The van der Waals surface area contributed by atoms with E-state index in [-0.39, 0.29) is 5.76 Å². The number of anilines is 1. The van der Waals surface area contributed by atoms with Crippen molar-refractivity contribution in [1.82, 2.24) is 0 Å². The molecule has 0 aliphatic heterocycles. The molecule has 1 heterocycles. The Bertz CT molecular complexity index is 883. The Balaban J connectivity index is 1.61. The molecule has 0 spiro atoms. The maximum Gasteiger partial charge on any atom is 0.374 e. The van der Waals surface area contributed by atoms with E-state index in [1.54, 1.807) is 37.3 Å². The molecule has 122 valence electrons. The van der Waals surface area contributed by atoms with Crippen LogP contribution >= 0.6 is 11.6 Å². The van der Waals surface area contributed by atoms with E-state index in [0.717, 1.165) is 10.9 Å². The quantitative estimate of drug-likeness (QED) is 0.721. The third-order valence-electron chi connectivity index (χ3n) is 3.50. The van der Waals surface area contributed by atoms with Crippen molar-refractivity contribution in [3.05, 3.63) is 64.9 Å². The van der Waals surface area contributed by atoms with Gasteiger partial charge in [0.25, 0.3) is 5.91 Å². The van der Waals surface area contributed by atoms with Crippen LogP contribution < -0.4 is 5.32 Å². The SMILES string of the molecule is Cc1c(Cl)cccc1NC(=O)COC(=O)c1cc2ccccc2o1. The minimum atomic E-state index is -0.691. The number of amides is 1. The van der Waals surface area contributed by atoms with Crippen LogP contribution in [0.25, 0.3) is 11.0 Å². The fraction of sp³-hybridized carbons (Fsp3) is 0.111. The molecular formula is C18H14ClNO4. The van der Waals surface area contributed by atoms with Crippen molar-refractivity contribution in [2.75, 3.05) is 11.9 Å². The lowest BCUT2D eigenvalue weighted by atomic mass is 10.2. The largest absolute Gasteiger partial charge is 0.450 e. The molecule has 0 saturated heterocycles. The van der Waals surface area contributed by atoms with Crippen LogP contribution in [0.5, 0.6) is 0 Å². The van der Waals surface area contributed by atoms with Crippen LogP contribution in [-0.4, -0.2) is 18.5 Å². The van der Waals surface area contributed by atoms with Gasteiger partial charge in [-0.15, -0.1) is 0 Å². The zero-order valence-corrected chi connectivity index (χ0v) is 13.6. The number of fused-ring (bicyclic) bond motifs is 1. The molecule has 1 amide bonds. The summed E-state index contributed by atoms with van der Waals surface area (Å²) in [5.41, 5.74) is 1.91. The van der Waals surface area contributed by atoms with Gasteiger partial charge in [0.15, 0.2) is 6.61 Å². The maximum atomic E-state index is 12.0.